The molecule has 1 aromatic carbocycles. The SMILES string of the molecule is N#Cc1c[nH]cc1CCCc1ccccc1. The highest BCUT2D eigenvalue weighted by Gasteiger charge is 2.02. The maximum Gasteiger partial charge on any atom is 0.101 e. The molecule has 0 radical (unpaired) electrons. The van der Waals surface area contributed by atoms with E-state index in [-0.39, 0.29) is 0 Å². The van der Waals surface area contributed by atoms with Crippen molar-refractivity contribution in [1.29, 1.82) is 5.26 Å². The van der Waals surface area contributed by atoms with Crippen LogP contribution < -0.4 is 0 Å². The molecule has 2 heteroatoms. The molecule has 0 fully saturated rings. The first-order valence-corrected chi connectivity index (χ1v) is 5.50. The number of benzene rings is 1. The molecule has 1 aromatic heterocycles. The summed E-state index contributed by atoms with van der Waals surface area (Å²) >= 11 is 0. The Kier molecular flexibility index (Phi) is 3.40. The van der Waals surface area contributed by atoms with Gasteiger partial charge in [0.15, 0.2) is 0 Å². The number of aryl methyl sites for hydroxylation is 2. The van der Waals surface area contributed by atoms with Crippen LogP contribution in [0.25, 0.3) is 0 Å². The Hall–Kier alpha value is -2.01. The van der Waals surface area contributed by atoms with Crippen molar-refractivity contribution in [3.05, 3.63) is 59.4 Å². The number of nitriles is 1. The molecule has 1 heterocycles. The number of hydrogen-bond donors (Lipinski definition) is 1. The topological polar surface area (TPSA) is 39.6 Å². The summed E-state index contributed by atoms with van der Waals surface area (Å²) in [6.45, 7) is 0. The molecule has 2 aromatic rings. The van der Waals surface area contributed by atoms with Crippen LogP contribution in [0.1, 0.15) is 23.1 Å². The standard InChI is InChI=1S/C14H14N2/c15-9-14-11-16-10-13(14)8-4-7-12-5-2-1-3-6-12/h1-3,5-6,10-11,16H,4,7-8H2. The zero-order valence-corrected chi connectivity index (χ0v) is 9.11. The summed E-state index contributed by atoms with van der Waals surface area (Å²) < 4.78 is 0. The number of aromatic amines is 1. The molecule has 0 amide bonds. The van der Waals surface area contributed by atoms with Crippen LogP contribution in [-0.4, -0.2) is 4.98 Å². The molecule has 0 unspecified atom stereocenters. The van der Waals surface area contributed by atoms with Crippen molar-refractivity contribution < 1.29 is 0 Å². The first-order valence-electron chi connectivity index (χ1n) is 5.50. The lowest BCUT2D eigenvalue weighted by atomic mass is 10.0. The summed E-state index contributed by atoms with van der Waals surface area (Å²) in [7, 11) is 0. The van der Waals surface area contributed by atoms with Gasteiger partial charge in [0, 0.05) is 12.4 Å². The fourth-order valence-electron chi connectivity index (χ4n) is 1.83. The second-order valence-electron chi connectivity index (χ2n) is 3.85. The number of rotatable bonds is 4. The molecule has 0 bridgehead atoms. The highest BCUT2D eigenvalue weighted by molar-refractivity contribution is 5.35. The molecule has 2 nitrogen and oxygen atoms in total. The quantitative estimate of drug-likeness (QED) is 0.827. The maximum atomic E-state index is 8.85. The number of nitrogens with zero attached hydrogens (tertiary/aromatic N) is 1. The van der Waals surface area contributed by atoms with E-state index in [0.717, 1.165) is 30.4 Å². The third-order valence-electron chi connectivity index (χ3n) is 2.71. The van der Waals surface area contributed by atoms with Crippen LogP contribution in [0.15, 0.2) is 42.7 Å². The summed E-state index contributed by atoms with van der Waals surface area (Å²) in [5, 5.41) is 8.85. The van der Waals surface area contributed by atoms with Crippen LogP contribution in [0.5, 0.6) is 0 Å². The molecule has 0 aliphatic heterocycles. The summed E-state index contributed by atoms with van der Waals surface area (Å²) in [6.07, 6.45) is 6.79. The Morgan fingerprint density at radius 3 is 2.62 bits per heavy atom. The van der Waals surface area contributed by atoms with Gasteiger partial charge < -0.3 is 4.98 Å². The fraction of sp³-hybridized carbons (Fsp3) is 0.214. The third kappa shape index (κ3) is 2.52. The van der Waals surface area contributed by atoms with Crippen molar-refractivity contribution >= 4 is 0 Å². The second-order valence-corrected chi connectivity index (χ2v) is 3.85. The molecular formula is C14H14N2. The van der Waals surface area contributed by atoms with Gasteiger partial charge in [-0.3, -0.25) is 0 Å². The average molecular weight is 210 g/mol. The van der Waals surface area contributed by atoms with Gasteiger partial charge in [-0.1, -0.05) is 30.3 Å². The highest BCUT2D eigenvalue weighted by atomic mass is 14.6. The van der Waals surface area contributed by atoms with Gasteiger partial charge in [0.2, 0.25) is 0 Å². The Labute approximate surface area is 95.6 Å². The lowest BCUT2D eigenvalue weighted by Crippen LogP contribution is -1.90. The van der Waals surface area contributed by atoms with E-state index in [1.54, 1.807) is 6.20 Å². The van der Waals surface area contributed by atoms with E-state index in [1.807, 2.05) is 12.3 Å². The van der Waals surface area contributed by atoms with E-state index < -0.39 is 0 Å². The van der Waals surface area contributed by atoms with Crippen molar-refractivity contribution in [2.24, 2.45) is 0 Å². The van der Waals surface area contributed by atoms with Gasteiger partial charge in [0.1, 0.15) is 6.07 Å². The van der Waals surface area contributed by atoms with E-state index in [1.165, 1.54) is 5.56 Å². The Balaban J connectivity index is 1.88. The largest absolute Gasteiger partial charge is 0.366 e. The Morgan fingerprint density at radius 2 is 1.88 bits per heavy atom. The van der Waals surface area contributed by atoms with Gasteiger partial charge in [0.25, 0.3) is 0 Å². The van der Waals surface area contributed by atoms with E-state index in [0.29, 0.717) is 0 Å². The predicted molar refractivity (Wildman–Crippen MR) is 64.0 cm³/mol. The van der Waals surface area contributed by atoms with Gasteiger partial charge in [0.05, 0.1) is 5.56 Å². The summed E-state index contributed by atoms with van der Waals surface area (Å²) in [5.41, 5.74) is 3.25. The molecule has 0 atom stereocenters. The first-order chi connectivity index (χ1) is 7.90. The van der Waals surface area contributed by atoms with E-state index in [9.17, 15) is 0 Å². The van der Waals surface area contributed by atoms with Crippen LogP contribution in [0.4, 0.5) is 0 Å². The van der Waals surface area contributed by atoms with Gasteiger partial charge in [-0.25, -0.2) is 0 Å². The molecule has 0 spiro atoms. The minimum absolute atomic E-state index is 0.771. The summed E-state index contributed by atoms with van der Waals surface area (Å²) in [5.74, 6) is 0. The Morgan fingerprint density at radius 1 is 1.06 bits per heavy atom. The van der Waals surface area contributed by atoms with Crippen LogP contribution in [0, 0.1) is 11.3 Å². The number of H-pyrrole nitrogens is 1. The number of nitrogens with one attached hydrogen (secondary N) is 1. The van der Waals surface area contributed by atoms with Gasteiger partial charge >= 0.3 is 0 Å². The van der Waals surface area contributed by atoms with Crippen molar-refractivity contribution in [2.75, 3.05) is 0 Å². The molecule has 0 saturated heterocycles. The van der Waals surface area contributed by atoms with Gasteiger partial charge in [-0.15, -0.1) is 0 Å². The van der Waals surface area contributed by atoms with Gasteiger partial charge in [-0.2, -0.15) is 5.26 Å². The number of hydrogen-bond acceptors (Lipinski definition) is 1. The van der Waals surface area contributed by atoms with Crippen molar-refractivity contribution in [2.45, 2.75) is 19.3 Å². The predicted octanol–water partition coefficient (Wildman–Crippen LogP) is 3.06. The van der Waals surface area contributed by atoms with Crippen molar-refractivity contribution in [3.8, 4) is 6.07 Å². The minimum Gasteiger partial charge on any atom is -0.366 e. The fourth-order valence-corrected chi connectivity index (χ4v) is 1.83. The second kappa shape index (κ2) is 5.18. The smallest absolute Gasteiger partial charge is 0.101 e. The highest BCUT2D eigenvalue weighted by Crippen LogP contribution is 2.11. The summed E-state index contributed by atoms with van der Waals surface area (Å²) in [6, 6.07) is 12.6. The molecule has 0 saturated carbocycles. The number of aromatic nitrogens is 1. The van der Waals surface area contributed by atoms with E-state index >= 15 is 0 Å². The molecular weight excluding hydrogens is 196 g/mol. The molecule has 0 aliphatic rings. The van der Waals surface area contributed by atoms with Crippen LogP contribution in [0.2, 0.25) is 0 Å². The minimum atomic E-state index is 0.771. The van der Waals surface area contributed by atoms with Crippen molar-refractivity contribution in [1.82, 2.24) is 4.98 Å². The lowest BCUT2D eigenvalue weighted by molar-refractivity contribution is 0.820. The average Bonchev–Trinajstić information content (AvgIpc) is 2.78. The lowest BCUT2D eigenvalue weighted by Gasteiger charge is -2.00. The maximum absolute atomic E-state index is 8.85. The third-order valence-corrected chi connectivity index (χ3v) is 2.71. The molecule has 1 N–H and O–H groups in total. The van der Waals surface area contributed by atoms with Crippen LogP contribution >= 0.6 is 0 Å². The van der Waals surface area contributed by atoms with Crippen molar-refractivity contribution in [3.63, 3.8) is 0 Å². The zero-order chi connectivity index (χ0) is 11.2. The normalized spacial score (nSPS) is 9.94. The van der Waals surface area contributed by atoms with Crippen LogP contribution in [0.3, 0.4) is 0 Å². The Bertz CT molecular complexity index is 477. The molecule has 2 rings (SSSR count). The van der Waals surface area contributed by atoms with E-state index in [4.69, 9.17) is 5.26 Å². The molecule has 0 aliphatic carbocycles. The van der Waals surface area contributed by atoms with Gasteiger partial charge in [-0.05, 0) is 30.4 Å². The zero-order valence-electron chi connectivity index (χ0n) is 9.11. The first kappa shape index (κ1) is 10.5. The van der Waals surface area contributed by atoms with E-state index in [2.05, 4.69) is 35.3 Å². The monoisotopic (exact) mass is 210 g/mol. The van der Waals surface area contributed by atoms with Crippen LogP contribution in [-0.2, 0) is 12.8 Å². The summed E-state index contributed by atoms with van der Waals surface area (Å²) in [4.78, 5) is 2.98. The molecule has 80 valence electrons. The molecule has 16 heavy (non-hydrogen) atoms.